The standard InChI is InChI=1S/C6H12N2O/c1-7-4-5-2-3-6(9)8-5/h5,7H,2-4H2,1H3,(H,8,9). The molecule has 1 heterocycles. The van der Waals surface area contributed by atoms with Crippen LogP contribution in [0.1, 0.15) is 12.8 Å². The van der Waals surface area contributed by atoms with Crippen LogP contribution in [0.15, 0.2) is 0 Å². The van der Waals surface area contributed by atoms with Crippen molar-refractivity contribution >= 4 is 5.91 Å². The predicted octanol–water partition coefficient (Wildman–Crippen LogP) is -0.516. The van der Waals surface area contributed by atoms with Crippen molar-refractivity contribution in [1.82, 2.24) is 10.6 Å². The van der Waals surface area contributed by atoms with E-state index < -0.39 is 0 Å². The number of nitrogens with one attached hydrogen (secondary N) is 2. The molecule has 52 valence electrons. The maximum absolute atomic E-state index is 10.6. The van der Waals surface area contributed by atoms with Crippen LogP contribution in [0.5, 0.6) is 0 Å². The fourth-order valence-corrected chi connectivity index (χ4v) is 1.08. The molecule has 9 heavy (non-hydrogen) atoms. The van der Waals surface area contributed by atoms with Crippen molar-refractivity contribution in [3.8, 4) is 0 Å². The Bertz CT molecular complexity index is 114. The van der Waals surface area contributed by atoms with Gasteiger partial charge in [-0.2, -0.15) is 0 Å². The van der Waals surface area contributed by atoms with Gasteiger partial charge in [0.2, 0.25) is 5.91 Å². The Hall–Kier alpha value is -0.570. The normalized spacial score (nSPS) is 26.3. The summed E-state index contributed by atoms with van der Waals surface area (Å²) in [6.45, 7) is 0.895. The summed E-state index contributed by atoms with van der Waals surface area (Å²) in [6.07, 6.45) is 1.69. The van der Waals surface area contributed by atoms with Crippen molar-refractivity contribution in [2.24, 2.45) is 0 Å². The van der Waals surface area contributed by atoms with E-state index in [1.165, 1.54) is 0 Å². The summed E-state index contributed by atoms with van der Waals surface area (Å²) in [5.74, 6) is 0.190. The van der Waals surface area contributed by atoms with Crippen molar-refractivity contribution in [2.75, 3.05) is 13.6 Å². The van der Waals surface area contributed by atoms with Gasteiger partial charge in [0.15, 0.2) is 0 Å². The first kappa shape index (κ1) is 6.55. The van der Waals surface area contributed by atoms with Gasteiger partial charge in [-0.25, -0.2) is 0 Å². The molecule has 1 rings (SSSR count). The van der Waals surface area contributed by atoms with Crippen molar-refractivity contribution < 1.29 is 4.79 Å². The minimum atomic E-state index is 0.190. The van der Waals surface area contributed by atoms with Gasteiger partial charge in [0.1, 0.15) is 0 Å². The van der Waals surface area contributed by atoms with Crippen LogP contribution in [0.25, 0.3) is 0 Å². The number of carbonyl (C=O) groups is 1. The molecule has 1 fully saturated rings. The second-order valence-electron chi connectivity index (χ2n) is 2.36. The Morgan fingerprint density at radius 2 is 2.67 bits per heavy atom. The van der Waals surface area contributed by atoms with E-state index in [1.54, 1.807) is 0 Å². The van der Waals surface area contributed by atoms with Crippen molar-refractivity contribution in [3.63, 3.8) is 0 Å². The molecule has 0 aromatic heterocycles. The van der Waals surface area contributed by atoms with Gasteiger partial charge in [-0.05, 0) is 13.5 Å². The molecule has 1 unspecified atom stereocenters. The quantitative estimate of drug-likeness (QED) is 0.525. The molecule has 3 heteroatoms. The summed E-state index contributed by atoms with van der Waals surface area (Å²) >= 11 is 0. The van der Waals surface area contributed by atoms with Crippen LogP contribution in [0.4, 0.5) is 0 Å². The highest BCUT2D eigenvalue weighted by molar-refractivity contribution is 5.78. The number of hydrogen-bond donors (Lipinski definition) is 2. The third kappa shape index (κ3) is 1.68. The maximum Gasteiger partial charge on any atom is 0.220 e. The fraction of sp³-hybridized carbons (Fsp3) is 0.833. The Morgan fingerprint density at radius 1 is 1.89 bits per heavy atom. The number of rotatable bonds is 2. The second-order valence-corrected chi connectivity index (χ2v) is 2.36. The van der Waals surface area contributed by atoms with E-state index in [-0.39, 0.29) is 5.91 Å². The summed E-state index contributed by atoms with van der Waals surface area (Å²) < 4.78 is 0. The molecule has 2 N–H and O–H groups in total. The second kappa shape index (κ2) is 2.82. The predicted molar refractivity (Wildman–Crippen MR) is 35.1 cm³/mol. The van der Waals surface area contributed by atoms with E-state index in [4.69, 9.17) is 0 Å². The lowest BCUT2D eigenvalue weighted by atomic mass is 10.2. The van der Waals surface area contributed by atoms with Gasteiger partial charge in [-0.3, -0.25) is 4.79 Å². The molecular weight excluding hydrogens is 116 g/mol. The van der Waals surface area contributed by atoms with Crippen molar-refractivity contribution in [1.29, 1.82) is 0 Å². The first-order valence-electron chi connectivity index (χ1n) is 3.27. The van der Waals surface area contributed by atoms with Crippen LogP contribution in [-0.2, 0) is 4.79 Å². The lowest BCUT2D eigenvalue weighted by Crippen LogP contribution is -2.33. The average molecular weight is 128 g/mol. The number of hydrogen-bond acceptors (Lipinski definition) is 2. The molecule has 0 saturated carbocycles. The Labute approximate surface area is 54.8 Å². The molecule has 0 spiro atoms. The SMILES string of the molecule is CNCC1CCC(=O)N1. The Balaban J connectivity index is 2.22. The van der Waals surface area contributed by atoms with E-state index in [2.05, 4.69) is 10.6 Å². The zero-order chi connectivity index (χ0) is 6.69. The largest absolute Gasteiger partial charge is 0.352 e. The molecule has 0 radical (unpaired) electrons. The van der Waals surface area contributed by atoms with E-state index in [1.807, 2.05) is 7.05 Å². The van der Waals surface area contributed by atoms with Gasteiger partial charge in [0, 0.05) is 19.0 Å². The molecular formula is C6H12N2O. The number of likely N-dealkylation sites (N-methyl/N-ethyl adjacent to an activating group) is 1. The number of carbonyl (C=O) groups excluding carboxylic acids is 1. The molecule has 0 aromatic rings. The Morgan fingerprint density at radius 3 is 3.11 bits per heavy atom. The molecule has 3 nitrogen and oxygen atoms in total. The highest BCUT2D eigenvalue weighted by Gasteiger charge is 2.18. The highest BCUT2D eigenvalue weighted by Crippen LogP contribution is 2.04. The topological polar surface area (TPSA) is 41.1 Å². The maximum atomic E-state index is 10.6. The van der Waals surface area contributed by atoms with E-state index in [0.717, 1.165) is 13.0 Å². The van der Waals surface area contributed by atoms with Crippen LogP contribution in [0.2, 0.25) is 0 Å². The average Bonchev–Trinajstić information content (AvgIpc) is 2.17. The van der Waals surface area contributed by atoms with Gasteiger partial charge in [0.05, 0.1) is 0 Å². The lowest BCUT2D eigenvalue weighted by Gasteiger charge is -2.06. The first-order valence-corrected chi connectivity index (χ1v) is 3.27. The van der Waals surface area contributed by atoms with Crippen LogP contribution < -0.4 is 10.6 Å². The van der Waals surface area contributed by atoms with Crippen LogP contribution in [0, 0.1) is 0 Å². The summed E-state index contributed by atoms with van der Waals surface area (Å²) in [5.41, 5.74) is 0. The molecule has 1 aliphatic rings. The van der Waals surface area contributed by atoms with Crippen LogP contribution in [-0.4, -0.2) is 25.5 Å². The van der Waals surface area contributed by atoms with E-state index in [9.17, 15) is 4.79 Å². The monoisotopic (exact) mass is 128 g/mol. The van der Waals surface area contributed by atoms with Gasteiger partial charge in [-0.1, -0.05) is 0 Å². The van der Waals surface area contributed by atoms with Crippen molar-refractivity contribution in [2.45, 2.75) is 18.9 Å². The molecule has 1 amide bonds. The fourth-order valence-electron chi connectivity index (χ4n) is 1.08. The summed E-state index contributed by atoms with van der Waals surface area (Å²) in [6, 6.07) is 0.377. The van der Waals surface area contributed by atoms with Crippen LogP contribution >= 0.6 is 0 Å². The highest BCUT2D eigenvalue weighted by atomic mass is 16.1. The molecule has 0 bridgehead atoms. The minimum Gasteiger partial charge on any atom is -0.352 e. The zero-order valence-corrected chi connectivity index (χ0v) is 5.61. The lowest BCUT2D eigenvalue weighted by molar-refractivity contribution is -0.119. The van der Waals surface area contributed by atoms with Crippen LogP contribution in [0.3, 0.4) is 0 Å². The third-order valence-electron chi connectivity index (χ3n) is 1.54. The number of amides is 1. The summed E-state index contributed by atoms with van der Waals surface area (Å²) in [7, 11) is 1.89. The third-order valence-corrected chi connectivity index (χ3v) is 1.54. The summed E-state index contributed by atoms with van der Waals surface area (Å²) in [5, 5.41) is 5.87. The molecule has 0 aromatic carbocycles. The summed E-state index contributed by atoms with van der Waals surface area (Å²) in [4.78, 5) is 10.6. The zero-order valence-electron chi connectivity index (χ0n) is 5.61. The van der Waals surface area contributed by atoms with E-state index in [0.29, 0.717) is 12.5 Å². The minimum absolute atomic E-state index is 0.190. The van der Waals surface area contributed by atoms with E-state index >= 15 is 0 Å². The molecule has 1 aliphatic heterocycles. The smallest absolute Gasteiger partial charge is 0.220 e. The van der Waals surface area contributed by atoms with Crippen molar-refractivity contribution in [3.05, 3.63) is 0 Å². The van der Waals surface area contributed by atoms with Gasteiger partial charge in [0.25, 0.3) is 0 Å². The molecule has 1 atom stereocenters. The van der Waals surface area contributed by atoms with Gasteiger partial charge in [-0.15, -0.1) is 0 Å². The molecule has 1 saturated heterocycles. The van der Waals surface area contributed by atoms with Gasteiger partial charge >= 0.3 is 0 Å². The van der Waals surface area contributed by atoms with Gasteiger partial charge < -0.3 is 10.6 Å². The first-order chi connectivity index (χ1) is 4.33. The Kier molecular flexibility index (Phi) is 2.05. The molecule has 0 aliphatic carbocycles.